The van der Waals surface area contributed by atoms with Crippen LogP contribution in [0.25, 0.3) is 0 Å². The molecule has 1 heterocycles. The second kappa shape index (κ2) is 6.99. The fourth-order valence-corrected chi connectivity index (χ4v) is 2.63. The van der Waals surface area contributed by atoms with Crippen LogP contribution in [0, 0.1) is 20.8 Å². The molecule has 0 bridgehead atoms. The van der Waals surface area contributed by atoms with Crippen molar-refractivity contribution in [1.29, 1.82) is 0 Å². The highest BCUT2D eigenvalue weighted by Crippen LogP contribution is 2.25. The first kappa shape index (κ1) is 16.6. The quantitative estimate of drug-likeness (QED) is 0.902. The first-order valence-corrected chi connectivity index (χ1v) is 7.44. The van der Waals surface area contributed by atoms with Crippen LogP contribution in [0.1, 0.15) is 16.7 Å². The van der Waals surface area contributed by atoms with Crippen molar-refractivity contribution in [2.45, 2.75) is 20.8 Å². The molecule has 0 aliphatic rings. The number of aryl methyl sites for hydroxylation is 3. The lowest BCUT2D eigenvalue weighted by molar-refractivity contribution is -0.118. The molecule has 1 amide bonds. The second-order valence-electron chi connectivity index (χ2n) is 5.05. The Balaban J connectivity index is 2.02. The van der Waals surface area contributed by atoms with Gasteiger partial charge in [0.05, 0.1) is 10.0 Å². The van der Waals surface area contributed by atoms with Gasteiger partial charge < -0.3 is 10.1 Å². The molecule has 0 saturated carbocycles. The Morgan fingerprint density at radius 3 is 2.41 bits per heavy atom. The highest BCUT2D eigenvalue weighted by Gasteiger charge is 2.11. The Morgan fingerprint density at radius 1 is 1.18 bits per heavy atom. The average molecular weight is 339 g/mol. The molecule has 0 aliphatic carbocycles. The first-order valence-electron chi connectivity index (χ1n) is 6.68. The number of anilines is 1. The van der Waals surface area contributed by atoms with E-state index in [9.17, 15) is 4.79 Å². The van der Waals surface area contributed by atoms with Crippen LogP contribution in [0.2, 0.25) is 10.0 Å². The summed E-state index contributed by atoms with van der Waals surface area (Å²) >= 11 is 11.7. The zero-order chi connectivity index (χ0) is 16.3. The third kappa shape index (κ3) is 4.12. The molecule has 1 aromatic heterocycles. The van der Waals surface area contributed by atoms with Gasteiger partial charge in [0.25, 0.3) is 5.91 Å². The standard InChI is InChI=1S/C16H16Cl2N2O2/c1-9-4-10(2)15(11(3)5-9)22-8-14(21)20-16-13(18)6-12(17)7-19-16/h4-7H,8H2,1-3H3,(H,19,20,21). The van der Waals surface area contributed by atoms with E-state index in [1.165, 1.54) is 12.3 Å². The largest absolute Gasteiger partial charge is 0.483 e. The van der Waals surface area contributed by atoms with E-state index in [0.29, 0.717) is 5.02 Å². The number of amides is 1. The van der Waals surface area contributed by atoms with E-state index in [4.69, 9.17) is 27.9 Å². The number of carbonyl (C=O) groups excluding carboxylic acids is 1. The van der Waals surface area contributed by atoms with Gasteiger partial charge >= 0.3 is 0 Å². The average Bonchev–Trinajstić information content (AvgIpc) is 2.40. The molecule has 22 heavy (non-hydrogen) atoms. The number of halogens is 2. The highest BCUT2D eigenvalue weighted by molar-refractivity contribution is 6.36. The van der Waals surface area contributed by atoms with Crippen LogP contribution >= 0.6 is 23.2 Å². The van der Waals surface area contributed by atoms with Gasteiger partial charge in [-0.2, -0.15) is 0 Å². The zero-order valence-electron chi connectivity index (χ0n) is 12.5. The molecule has 2 aromatic rings. The highest BCUT2D eigenvalue weighted by atomic mass is 35.5. The Morgan fingerprint density at radius 2 is 1.82 bits per heavy atom. The summed E-state index contributed by atoms with van der Waals surface area (Å²) in [6.45, 7) is 5.80. The number of benzene rings is 1. The monoisotopic (exact) mass is 338 g/mol. The lowest BCUT2D eigenvalue weighted by Gasteiger charge is -2.13. The molecular formula is C16H16Cl2N2O2. The van der Waals surface area contributed by atoms with Gasteiger partial charge in [-0.3, -0.25) is 4.79 Å². The minimum atomic E-state index is -0.337. The van der Waals surface area contributed by atoms with Crippen molar-refractivity contribution in [3.05, 3.63) is 51.1 Å². The number of pyridine rings is 1. The number of hydrogen-bond acceptors (Lipinski definition) is 3. The number of ether oxygens (including phenoxy) is 1. The maximum atomic E-state index is 11.9. The van der Waals surface area contributed by atoms with Crippen LogP contribution in [0.3, 0.4) is 0 Å². The van der Waals surface area contributed by atoms with Crippen molar-refractivity contribution in [2.75, 3.05) is 11.9 Å². The Hall–Kier alpha value is -1.78. The van der Waals surface area contributed by atoms with Crippen molar-refractivity contribution >= 4 is 34.9 Å². The fraction of sp³-hybridized carbons (Fsp3) is 0.250. The number of carbonyl (C=O) groups is 1. The predicted molar refractivity (Wildman–Crippen MR) is 89.0 cm³/mol. The van der Waals surface area contributed by atoms with Crippen LogP contribution in [-0.4, -0.2) is 17.5 Å². The third-order valence-electron chi connectivity index (χ3n) is 3.02. The van der Waals surface area contributed by atoms with Crippen molar-refractivity contribution in [2.24, 2.45) is 0 Å². The molecule has 0 atom stereocenters. The summed E-state index contributed by atoms with van der Waals surface area (Å²) in [4.78, 5) is 15.9. The number of hydrogen-bond donors (Lipinski definition) is 1. The number of aromatic nitrogens is 1. The van der Waals surface area contributed by atoms with Crippen molar-refractivity contribution < 1.29 is 9.53 Å². The van der Waals surface area contributed by atoms with Crippen LogP contribution in [0.4, 0.5) is 5.82 Å². The summed E-state index contributed by atoms with van der Waals surface area (Å²) in [5.74, 6) is 0.643. The smallest absolute Gasteiger partial charge is 0.263 e. The van der Waals surface area contributed by atoms with Crippen LogP contribution < -0.4 is 10.1 Å². The Labute approximate surface area is 139 Å². The predicted octanol–water partition coefficient (Wildman–Crippen LogP) is 4.33. The number of nitrogens with one attached hydrogen (secondary N) is 1. The van der Waals surface area contributed by atoms with Crippen molar-refractivity contribution in [3.8, 4) is 5.75 Å². The van der Waals surface area contributed by atoms with Gasteiger partial charge in [0, 0.05) is 6.20 Å². The van der Waals surface area contributed by atoms with Gasteiger partial charge in [0.2, 0.25) is 0 Å². The molecule has 6 heteroatoms. The van der Waals surface area contributed by atoms with Gasteiger partial charge in [-0.05, 0) is 38.0 Å². The van der Waals surface area contributed by atoms with E-state index >= 15 is 0 Å². The summed E-state index contributed by atoms with van der Waals surface area (Å²) in [6.07, 6.45) is 1.41. The Kier molecular flexibility index (Phi) is 5.27. The van der Waals surface area contributed by atoms with Crippen LogP contribution in [0.15, 0.2) is 24.4 Å². The number of nitrogens with zero attached hydrogens (tertiary/aromatic N) is 1. The molecule has 0 spiro atoms. The maximum absolute atomic E-state index is 11.9. The first-order chi connectivity index (χ1) is 10.4. The summed E-state index contributed by atoms with van der Waals surface area (Å²) in [7, 11) is 0. The topological polar surface area (TPSA) is 51.2 Å². The van der Waals surface area contributed by atoms with Gasteiger partial charge in [0.1, 0.15) is 5.75 Å². The fourth-order valence-electron chi connectivity index (χ4n) is 2.21. The normalized spacial score (nSPS) is 10.4. The van der Waals surface area contributed by atoms with Crippen molar-refractivity contribution in [3.63, 3.8) is 0 Å². The molecule has 0 aliphatic heterocycles. The van der Waals surface area contributed by atoms with Gasteiger partial charge in [-0.25, -0.2) is 4.98 Å². The van der Waals surface area contributed by atoms with E-state index < -0.39 is 0 Å². The molecule has 1 N–H and O–H groups in total. The molecule has 0 fully saturated rings. The van der Waals surface area contributed by atoms with Gasteiger partial charge in [0.15, 0.2) is 12.4 Å². The zero-order valence-corrected chi connectivity index (χ0v) is 14.0. The maximum Gasteiger partial charge on any atom is 0.263 e. The molecule has 0 radical (unpaired) electrons. The van der Waals surface area contributed by atoms with E-state index in [1.54, 1.807) is 0 Å². The van der Waals surface area contributed by atoms with Gasteiger partial charge in [-0.15, -0.1) is 0 Å². The second-order valence-corrected chi connectivity index (χ2v) is 5.89. The van der Waals surface area contributed by atoms with Crippen LogP contribution in [0.5, 0.6) is 5.75 Å². The van der Waals surface area contributed by atoms with E-state index in [0.717, 1.165) is 22.4 Å². The molecule has 0 unspecified atom stereocenters. The third-order valence-corrected chi connectivity index (χ3v) is 3.51. The summed E-state index contributed by atoms with van der Waals surface area (Å²) < 4.78 is 5.61. The molecule has 116 valence electrons. The SMILES string of the molecule is Cc1cc(C)c(OCC(=O)Nc2ncc(Cl)cc2Cl)c(C)c1. The van der Waals surface area contributed by atoms with Crippen LogP contribution in [-0.2, 0) is 4.79 Å². The van der Waals surface area contributed by atoms with Crippen molar-refractivity contribution in [1.82, 2.24) is 4.98 Å². The Bertz CT molecular complexity index is 694. The summed E-state index contributed by atoms with van der Waals surface area (Å²) in [5, 5.41) is 3.28. The summed E-state index contributed by atoms with van der Waals surface area (Å²) in [6, 6.07) is 5.54. The number of rotatable bonds is 4. The minimum Gasteiger partial charge on any atom is -0.483 e. The molecular weight excluding hydrogens is 323 g/mol. The van der Waals surface area contributed by atoms with E-state index in [1.807, 2.05) is 32.9 Å². The van der Waals surface area contributed by atoms with Gasteiger partial charge in [-0.1, -0.05) is 40.9 Å². The summed E-state index contributed by atoms with van der Waals surface area (Å²) in [5.41, 5.74) is 3.14. The lowest BCUT2D eigenvalue weighted by Crippen LogP contribution is -2.21. The molecule has 2 rings (SSSR count). The lowest BCUT2D eigenvalue weighted by atomic mass is 10.1. The molecule has 0 saturated heterocycles. The van der Waals surface area contributed by atoms with E-state index in [2.05, 4.69) is 10.3 Å². The molecule has 4 nitrogen and oxygen atoms in total. The molecule has 1 aromatic carbocycles. The minimum absolute atomic E-state index is 0.120. The van der Waals surface area contributed by atoms with E-state index in [-0.39, 0.29) is 23.4 Å².